The number of ether oxygens (including phenoxy) is 3. The second kappa shape index (κ2) is 16.7. The molecule has 1 aliphatic heterocycles. The summed E-state index contributed by atoms with van der Waals surface area (Å²) in [5.41, 5.74) is 3.82. The maximum atomic E-state index is 14.7. The van der Waals surface area contributed by atoms with Crippen LogP contribution in [0.5, 0.6) is 17.4 Å². The molecule has 284 valence electrons. The smallest absolute Gasteiger partial charge is 0.250 e. The predicted molar refractivity (Wildman–Crippen MR) is 204 cm³/mol. The van der Waals surface area contributed by atoms with Gasteiger partial charge in [-0.3, -0.25) is 4.90 Å². The highest BCUT2D eigenvalue weighted by molar-refractivity contribution is 7.88. The van der Waals surface area contributed by atoms with E-state index in [1.54, 1.807) is 20.4 Å². The van der Waals surface area contributed by atoms with Gasteiger partial charge in [-0.15, -0.1) is 0 Å². The van der Waals surface area contributed by atoms with Gasteiger partial charge in [0.2, 0.25) is 21.9 Å². The normalized spacial score (nSPS) is 15.1. The number of nitrogens with one attached hydrogen (secondary N) is 1. The molecule has 0 saturated carbocycles. The number of hydrogen-bond acceptors (Lipinski definition) is 13. The summed E-state index contributed by atoms with van der Waals surface area (Å²) < 4.78 is 56.6. The Morgan fingerprint density at radius 1 is 0.852 bits per heavy atom. The minimum atomic E-state index is -3.31. The second-order valence-electron chi connectivity index (χ2n) is 13.1. The third-order valence-electron chi connectivity index (χ3n) is 9.01. The van der Waals surface area contributed by atoms with Crippen molar-refractivity contribution in [1.29, 1.82) is 0 Å². The van der Waals surface area contributed by atoms with Crippen LogP contribution in [0.3, 0.4) is 0 Å². The number of sulfonamides is 1. The third kappa shape index (κ3) is 9.37. The lowest BCUT2D eigenvalue weighted by Crippen LogP contribution is -2.53. The summed E-state index contributed by atoms with van der Waals surface area (Å²) in [6.45, 7) is 6.70. The van der Waals surface area contributed by atoms with E-state index in [-0.39, 0.29) is 11.9 Å². The van der Waals surface area contributed by atoms with E-state index >= 15 is 0 Å². The average Bonchev–Trinajstić information content (AvgIpc) is 3.15. The van der Waals surface area contributed by atoms with Gasteiger partial charge < -0.3 is 24.4 Å². The van der Waals surface area contributed by atoms with Crippen molar-refractivity contribution in [2.75, 3.05) is 57.4 Å². The summed E-state index contributed by atoms with van der Waals surface area (Å²) >= 11 is 0. The zero-order valence-corrected chi connectivity index (χ0v) is 32.0. The molecule has 4 heterocycles. The van der Waals surface area contributed by atoms with Crippen molar-refractivity contribution in [3.8, 4) is 28.8 Å². The quantitative estimate of drug-likeness (QED) is 0.158. The fraction of sp³-hybridized carbons (Fsp3) is 0.342. The lowest BCUT2D eigenvalue weighted by Gasteiger charge is -2.38. The minimum absolute atomic E-state index is 0.124. The van der Waals surface area contributed by atoms with Crippen LogP contribution in [0.15, 0.2) is 73.1 Å². The first-order valence-electron chi connectivity index (χ1n) is 17.3. The van der Waals surface area contributed by atoms with Crippen molar-refractivity contribution < 1.29 is 27.0 Å². The van der Waals surface area contributed by atoms with Crippen molar-refractivity contribution in [3.05, 3.63) is 101 Å². The van der Waals surface area contributed by atoms with E-state index in [1.165, 1.54) is 29.9 Å². The predicted octanol–water partition coefficient (Wildman–Crippen LogP) is 5.22. The highest BCUT2D eigenvalue weighted by atomic mass is 32.2. The van der Waals surface area contributed by atoms with Crippen molar-refractivity contribution in [2.45, 2.75) is 39.5 Å². The van der Waals surface area contributed by atoms with Crippen LogP contribution >= 0.6 is 0 Å². The molecule has 0 aliphatic carbocycles. The van der Waals surface area contributed by atoms with Gasteiger partial charge in [0.25, 0.3) is 0 Å². The molecule has 54 heavy (non-hydrogen) atoms. The number of pyridine rings is 2. The van der Waals surface area contributed by atoms with Crippen LogP contribution in [0.25, 0.3) is 11.4 Å². The monoisotopic (exact) mass is 757 g/mol. The van der Waals surface area contributed by atoms with E-state index in [9.17, 15) is 12.8 Å². The number of rotatable bonds is 14. The maximum Gasteiger partial charge on any atom is 0.250 e. The fourth-order valence-corrected chi connectivity index (χ4v) is 7.52. The van der Waals surface area contributed by atoms with E-state index < -0.39 is 15.8 Å². The first kappa shape index (κ1) is 38.3. The van der Waals surface area contributed by atoms with Crippen molar-refractivity contribution in [2.24, 2.45) is 0 Å². The summed E-state index contributed by atoms with van der Waals surface area (Å²) in [6, 6.07) is 18.7. The standard InChI is InChI=1S/C38H44FN9O5S/c1-25-21-46(15-16-48(25)54(6,49)50)22-29-17-33(35(40-19-29)44-30-18-34(39)37(53-5)41-20-30)36-42-26(2)43-38(45-36)47(23-27-7-11-31(51-3)12-8-27)24-28-9-13-32(52-4)14-10-28/h7-14,17-20,25H,15-16,21-24H2,1-6H3,(H,40,44)/t25-/m1/s1. The van der Waals surface area contributed by atoms with Crippen molar-refractivity contribution >= 4 is 27.5 Å². The Morgan fingerprint density at radius 3 is 2.06 bits per heavy atom. The molecule has 3 aromatic heterocycles. The molecule has 1 N–H and O–H groups in total. The van der Waals surface area contributed by atoms with Gasteiger partial charge in [0, 0.05) is 57.6 Å². The highest BCUT2D eigenvalue weighted by Gasteiger charge is 2.30. The van der Waals surface area contributed by atoms with Crippen LogP contribution in [0.4, 0.5) is 21.8 Å². The molecule has 6 rings (SSSR count). The van der Waals surface area contributed by atoms with Crippen LogP contribution in [-0.4, -0.2) is 95.8 Å². The Kier molecular flexibility index (Phi) is 11.8. The molecule has 1 atom stereocenters. The van der Waals surface area contributed by atoms with Gasteiger partial charge in [0.15, 0.2) is 11.6 Å². The Morgan fingerprint density at radius 2 is 1.50 bits per heavy atom. The lowest BCUT2D eigenvalue weighted by molar-refractivity contribution is 0.138. The van der Waals surface area contributed by atoms with Crippen LogP contribution < -0.4 is 24.4 Å². The Bertz CT molecular complexity index is 2130. The Balaban J connectivity index is 1.38. The van der Waals surface area contributed by atoms with Crippen molar-refractivity contribution in [1.82, 2.24) is 34.1 Å². The van der Waals surface area contributed by atoms with Crippen molar-refractivity contribution in [3.63, 3.8) is 0 Å². The number of piperazine rings is 1. The van der Waals surface area contributed by atoms with Gasteiger partial charge >= 0.3 is 0 Å². The van der Waals surface area contributed by atoms with Gasteiger partial charge in [-0.05, 0) is 60.9 Å². The Labute approximate surface area is 315 Å². The summed E-state index contributed by atoms with van der Waals surface area (Å²) in [7, 11) is 1.31. The molecule has 2 aromatic carbocycles. The maximum absolute atomic E-state index is 14.7. The molecule has 1 fully saturated rings. The SMILES string of the molecule is COc1ccc(CN(Cc2ccc(OC)cc2)c2nc(C)nc(-c3cc(CN4CCN(S(C)(=O)=O)[C@H](C)C4)cnc3Nc3cnc(OC)c(F)c3)n2)cc1. The molecule has 0 unspecified atom stereocenters. The number of benzene rings is 2. The zero-order chi connectivity index (χ0) is 38.4. The number of methoxy groups -OCH3 is 3. The summed E-state index contributed by atoms with van der Waals surface area (Å²) in [5, 5.41) is 3.20. The lowest BCUT2D eigenvalue weighted by atomic mass is 10.1. The molecule has 1 saturated heterocycles. The molecular formula is C38H44FN9O5S. The van der Waals surface area contributed by atoms with E-state index in [1.807, 2.05) is 68.4 Å². The molecule has 0 radical (unpaired) electrons. The van der Waals surface area contributed by atoms with E-state index in [0.717, 1.165) is 28.2 Å². The van der Waals surface area contributed by atoms with Gasteiger partial charge in [0.05, 0.1) is 45.0 Å². The number of anilines is 3. The third-order valence-corrected chi connectivity index (χ3v) is 10.4. The first-order chi connectivity index (χ1) is 25.9. The highest BCUT2D eigenvalue weighted by Crippen LogP contribution is 2.31. The average molecular weight is 758 g/mol. The summed E-state index contributed by atoms with van der Waals surface area (Å²) in [5.74, 6) is 2.44. The van der Waals surface area contributed by atoms with Crippen LogP contribution in [0, 0.1) is 12.7 Å². The topological polar surface area (TPSA) is 148 Å². The molecule has 0 bridgehead atoms. The molecule has 5 aromatic rings. The van der Waals surface area contributed by atoms with Gasteiger partial charge in [-0.1, -0.05) is 24.3 Å². The van der Waals surface area contributed by atoms with Crippen LogP contribution in [0.2, 0.25) is 0 Å². The number of aromatic nitrogens is 5. The second-order valence-corrected chi connectivity index (χ2v) is 15.0. The number of aryl methyl sites for hydroxylation is 1. The number of nitrogens with zero attached hydrogens (tertiary/aromatic N) is 8. The Hall–Kier alpha value is -5.45. The largest absolute Gasteiger partial charge is 0.497 e. The molecule has 1 aliphatic rings. The van der Waals surface area contributed by atoms with Crippen LogP contribution in [0.1, 0.15) is 29.4 Å². The van der Waals surface area contributed by atoms with Gasteiger partial charge in [-0.2, -0.15) is 14.3 Å². The van der Waals surface area contributed by atoms with Crippen LogP contribution in [-0.2, 0) is 29.7 Å². The minimum Gasteiger partial charge on any atom is -0.497 e. The van der Waals surface area contributed by atoms with E-state index in [4.69, 9.17) is 34.1 Å². The number of halogens is 1. The van der Waals surface area contributed by atoms with E-state index in [2.05, 4.69) is 20.1 Å². The fourth-order valence-electron chi connectivity index (χ4n) is 6.39. The molecule has 16 heteroatoms. The molecule has 0 spiro atoms. The molecule has 0 amide bonds. The molecule has 14 nitrogen and oxygen atoms in total. The van der Waals surface area contributed by atoms with Gasteiger partial charge in [0.1, 0.15) is 23.1 Å². The zero-order valence-electron chi connectivity index (χ0n) is 31.2. The number of hydrogen-bond donors (Lipinski definition) is 1. The summed E-state index contributed by atoms with van der Waals surface area (Å²) in [6.07, 6.45) is 4.44. The molecular weight excluding hydrogens is 714 g/mol. The van der Waals surface area contributed by atoms with E-state index in [0.29, 0.717) is 73.9 Å². The first-order valence-corrected chi connectivity index (χ1v) is 19.2. The van der Waals surface area contributed by atoms with Gasteiger partial charge in [-0.25, -0.2) is 27.8 Å². The summed E-state index contributed by atoms with van der Waals surface area (Å²) in [4.78, 5) is 27.7.